The monoisotopic (exact) mass is 2200 g/mol. The predicted octanol–water partition coefficient (Wildman–Crippen LogP) is 7.20. The van der Waals surface area contributed by atoms with Crippen LogP contribution in [0.15, 0.2) is 0 Å². The third kappa shape index (κ3) is 56.2. The summed E-state index contributed by atoms with van der Waals surface area (Å²) in [5, 5.41) is 19.2. The van der Waals surface area contributed by atoms with E-state index in [0.717, 1.165) is 0 Å². The molecule has 0 rings (SSSR count). The van der Waals surface area contributed by atoms with Gasteiger partial charge >= 0.3 is 53.7 Å². The maximum atomic E-state index is 14.2. The Morgan fingerprint density at radius 2 is 0.434 bits per heavy atom. The first-order valence-electron chi connectivity index (χ1n) is 48.5. The first-order chi connectivity index (χ1) is 66.6. The molecule has 828 valence electrons. The summed E-state index contributed by atoms with van der Waals surface area (Å²) in [7, 11) is 5.77. The van der Waals surface area contributed by atoms with Crippen LogP contribution in [0.3, 0.4) is 0 Å². The molecule has 0 aliphatic rings. The van der Waals surface area contributed by atoms with E-state index >= 15 is 0 Å². The highest BCUT2D eigenvalue weighted by Crippen LogP contribution is 2.38. The van der Waals surface area contributed by atoms with Crippen molar-refractivity contribution in [2.24, 2.45) is 76.1 Å². The molecule has 0 aliphatic carbocycles. The molecule has 0 saturated carbocycles. The highest BCUT2D eigenvalue weighted by molar-refractivity contribution is 7.38. The number of rotatable bonds is 82. The van der Waals surface area contributed by atoms with E-state index in [1.807, 2.05) is 53.3 Å². The number of carbonyl (C=O) groups excluding carboxylic acids is 16. The third-order valence-corrected chi connectivity index (χ3v) is 33.1. The molecule has 47 heteroatoms. The van der Waals surface area contributed by atoms with Crippen molar-refractivity contribution in [2.45, 2.75) is 157 Å². The minimum Gasteiger partial charge on any atom is -0.464 e. The zero-order chi connectivity index (χ0) is 109. The number of esters is 9. The number of nitrogens with one attached hydrogen (secondary N) is 7. The number of amides is 7. The standard InChI is InChI=1S/C96H179N8O30P9/c1-84(2,31-40-135)75(112)126-51-94(52-127-76(113)85(3,4)60-136-19,53-128-77(114)86(5,6)61-137-20)48-123-41-72(109)98-33-27-68(105)102-44-93(47-122-39-36-101-71(108)30-37-121-38-32-97,45-103-69(106)28-34-99-73(110)42-124-49-95(54-129-78(115)87(7,8)62-138-21,55-130-79(116)88(9,10)63-139-22)56-131-80(117)89(11,12)64-140-23)46-104-70(107)29-35-100-74(111)43-125-50-96(57-132-81(118)90(13,14)65-141-24,58-133-82(119)91(15,16)66-142-25)59-134-83(120)92(17,18)67-143-26/h136-143H,27-67,97,135H2,1-26H3,(H,98,109)(H,99,110)(H,100,111)(H,101,108)(H,102,105)(H,103,106)(H,104,107). The van der Waals surface area contributed by atoms with Crippen LogP contribution in [-0.2, 0) is 143 Å². The van der Waals surface area contributed by atoms with E-state index in [-0.39, 0.29) is 110 Å². The number of nitrogens with two attached hydrogens (primary N) is 1. The summed E-state index contributed by atoms with van der Waals surface area (Å²) < 4.78 is 83.4. The second-order valence-corrected chi connectivity index (χ2v) is 51.6. The van der Waals surface area contributed by atoms with E-state index in [4.69, 9.17) is 72.0 Å². The van der Waals surface area contributed by atoms with E-state index < -0.39 is 259 Å². The third-order valence-electron chi connectivity index (χ3n) is 22.9. The van der Waals surface area contributed by atoms with Crippen LogP contribution in [-0.4, -0.2) is 382 Å². The van der Waals surface area contributed by atoms with Crippen molar-refractivity contribution in [1.29, 1.82) is 0 Å². The van der Waals surface area contributed by atoms with Crippen LogP contribution < -0.4 is 43.0 Å². The van der Waals surface area contributed by atoms with Crippen LogP contribution in [0.1, 0.15) is 157 Å². The van der Waals surface area contributed by atoms with Gasteiger partial charge < -0.3 is 109 Å². The van der Waals surface area contributed by atoms with Crippen molar-refractivity contribution in [3.8, 4) is 0 Å². The second-order valence-electron chi connectivity index (χ2n) is 42.6. The fourth-order valence-corrected chi connectivity index (χ4v) is 22.6. The summed E-state index contributed by atoms with van der Waals surface area (Å²) in [4.78, 5) is 221. The molecule has 0 aromatic rings. The molecule has 0 aliphatic heterocycles. The molecule has 0 aromatic heterocycles. The van der Waals surface area contributed by atoms with Crippen molar-refractivity contribution in [3.05, 3.63) is 0 Å². The zero-order valence-electron chi connectivity index (χ0n) is 90.4. The number of carbonyl (C=O) groups is 16. The van der Waals surface area contributed by atoms with Crippen molar-refractivity contribution < 1.29 is 143 Å². The molecule has 9 N–H and O–H groups in total. The Hall–Kier alpha value is -4.85. The second kappa shape index (κ2) is 69.6. The Morgan fingerprint density at radius 3 is 0.643 bits per heavy atom. The Labute approximate surface area is 867 Å². The van der Waals surface area contributed by atoms with Crippen molar-refractivity contribution in [2.75, 3.05) is 287 Å². The lowest BCUT2D eigenvalue weighted by Crippen LogP contribution is -2.54. The van der Waals surface area contributed by atoms with Gasteiger partial charge in [0.1, 0.15) is 79.3 Å². The number of ether oxygens (including phenoxy) is 14. The van der Waals surface area contributed by atoms with Crippen LogP contribution in [0.2, 0.25) is 0 Å². The summed E-state index contributed by atoms with van der Waals surface area (Å²) in [6.07, 6.45) is 3.87. The summed E-state index contributed by atoms with van der Waals surface area (Å²) in [6, 6.07) is 0. The topological polar surface area (TPSA) is 513 Å². The molecule has 9 atom stereocenters. The first-order valence-corrected chi connectivity index (χ1v) is 63.0. The van der Waals surface area contributed by atoms with E-state index in [0.29, 0.717) is 131 Å². The summed E-state index contributed by atoms with van der Waals surface area (Å²) in [6.45, 7) is 37.6. The first kappa shape index (κ1) is 138. The van der Waals surface area contributed by atoms with Crippen molar-refractivity contribution >= 4 is 173 Å². The average molecular weight is 2200 g/mol. The molecule has 0 fully saturated rings. The van der Waals surface area contributed by atoms with Gasteiger partial charge in [-0.25, -0.2) is 0 Å². The molecule has 143 heavy (non-hydrogen) atoms. The lowest BCUT2D eigenvalue weighted by molar-refractivity contribution is -0.179. The molecule has 9 unspecified atom stereocenters. The molecular weight excluding hydrogens is 2020 g/mol. The Morgan fingerprint density at radius 1 is 0.231 bits per heavy atom. The van der Waals surface area contributed by atoms with Gasteiger partial charge in [0.15, 0.2) is 0 Å². The van der Waals surface area contributed by atoms with Crippen LogP contribution in [0.25, 0.3) is 0 Å². The highest BCUT2D eigenvalue weighted by atomic mass is 31.1. The average Bonchev–Trinajstić information content (AvgIpc) is 0.829. The van der Waals surface area contributed by atoms with Crippen LogP contribution in [0.4, 0.5) is 0 Å². The fraction of sp³-hybridized carbons (Fsp3) is 0.833. The maximum Gasteiger partial charge on any atom is 0.311 e. The van der Waals surface area contributed by atoms with Gasteiger partial charge in [0.05, 0.1) is 111 Å². The van der Waals surface area contributed by atoms with Gasteiger partial charge in [-0.3, -0.25) is 76.7 Å². The minimum absolute atomic E-state index is 0.0112. The molecule has 7 amide bonds. The van der Waals surface area contributed by atoms with Gasteiger partial charge in [-0.05, 0) is 240 Å². The summed E-state index contributed by atoms with van der Waals surface area (Å²) >= 11 is 0. The fourth-order valence-electron chi connectivity index (χ4n) is 13.7. The SMILES string of the molecule is CPCC(C)(C)C(=O)OCC(COCC(=O)NCCC(=O)NCC(CNC(=O)CCNC(=O)COCC(COC(=O)C(C)(C)CPC)(COC(=O)C(C)(C)CPC)COC(=O)C(C)(C)CPC)(CNC(=O)CCNC(=O)COCC(COC(=O)C(C)(C)CPC)(COC(=O)C(C)(C)CPC)COC(=O)C(C)(C)CPC)COCCNC(=O)CCOCCN)(COC(=O)C(C)(C)CCP)COC(=O)C(C)(C)CPC. The summed E-state index contributed by atoms with van der Waals surface area (Å²) in [5.74, 6) is -9.60. The van der Waals surface area contributed by atoms with Crippen LogP contribution in [0, 0.1) is 70.4 Å². The minimum atomic E-state index is -1.54. The lowest BCUT2D eigenvalue weighted by atomic mass is 9.88. The largest absolute Gasteiger partial charge is 0.464 e. The van der Waals surface area contributed by atoms with E-state index in [1.54, 1.807) is 125 Å². The lowest BCUT2D eigenvalue weighted by Gasteiger charge is -2.35. The van der Waals surface area contributed by atoms with E-state index in [1.165, 1.54) is 0 Å². The van der Waals surface area contributed by atoms with E-state index in [9.17, 15) is 76.7 Å². The molecule has 0 heterocycles. The zero-order valence-corrected chi connectivity index (χ0v) is 99.5. The highest BCUT2D eigenvalue weighted by Gasteiger charge is 2.47. The molecule has 38 nitrogen and oxygen atoms in total. The Balaban J connectivity index is 7.96. The Bertz CT molecular complexity index is 3340. The Kier molecular flexibility index (Phi) is 67.2. The molecule has 0 saturated heterocycles. The van der Waals surface area contributed by atoms with Gasteiger partial charge in [0.2, 0.25) is 41.4 Å². The van der Waals surface area contributed by atoms with Gasteiger partial charge in [-0.2, -0.15) is 0 Å². The van der Waals surface area contributed by atoms with Gasteiger partial charge in [0.25, 0.3) is 0 Å². The predicted molar refractivity (Wildman–Crippen MR) is 577 cm³/mol. The van der Waals surface area contributed by atoms with Gasteiger partial charge in [-0.1, -0.05) is 0 Å². The molecule has 0 aromatic carbocycles. The van der Waals surface area contributed by atoms with Crippen molar-refractivity contribution in [1.82, 2.24) is 37.2 Å². The smallest absolute Gasteiger partial charge is 0.311 e. The molecule has 0 spiro atoms. The molecule has 0 radical (unpaired) electrons. The van der Waals surface area contributed by atoms with Crippen molar-refractivity contribution in [3.63, 3.8) is 0 Å². The normalized spacial score (nSPS) is 14.6. The molecule has 0 bridgehead atoms. The van der Waals surface area contributed by atoms with Gasteiger partial charge in [0, 0.05) is 83.5 Å². The number of hydrogen-bond donors (Lipinski definition) is 8. The molecular formula is C96H179N8O30P9. The van der Waals surface area contributed by atoms with E-state index in [2.05, 4.69) is 46.5 Å². The number of hydrogen-bond acceptors (Lipinski definition) is 31. The van der Waals surface area contributed by atoms with Crippen LogP contribution in [0.5, 0.6) is 0 Å². The summed E-state index contributed by atoms with van der Waals surface area (Å²) in [5.41, 5.74) is -8.90. The van der Waals surface area contributed by atoms with Crippen LogP contribution >= 0.6 is 77.9 Å². The maximum absolute atomic E-state index is 14.2. The quantitative estimate of drug-likeness (QED) is 0.0129. The van der Waals surface area contributed by atoms with Gasteiger partial charge in [-0.15, -0.1) is 77.9 Å².